The fourth-order valence-electron chi connectivity index (χ4n) is 4.94. The lowest BCUT2D eigenvalue weighted by atomic mass is 10.2. The molecule has 4 aromatic carbocycles. The van der Waals surface area contributed by atoms with E-state index in [0.29, 0.717) is 0 Å². The van der Waals surface area contributed by atoms with Crippen LogP contribution in [0.5, 0.6) is 0 Å². The molecule has 0 spiro atoms. The van der Waals surface area contributed by atoms with E-state index < -0.39 is 0 Å². The molecule has 5 nitrogen and oxygen atoms in total. The highest BCUT2D eigenvalue weighted by molar-refractivity contribution is 6.09. The molecule has 3 aromatic heterocycles. The van der Waals surface area contributed by atoms with Crippen molar-refractivity contribution in [2.24, 2.45) is 0 Å². The Labute approximate surface area is 207 Å². The van der Waals surface area contributed by atoms with Crippen molar-refractivity contribution in [3.8, 4) is 34.2 Å². The van der Waals surface area contributed by atoms with Gasteiger partial charge in [0.2, 0.25) is 0 Å². The maximum Gasteiger partial charge on any atom is 0.168 e. The van der Waals surface area contributed by atoms with Gasteiger partial charge >= 0.3 is 0 Å². The summed E-state index contributed by atoms with van der Waals surface area (Å²) < 4.78 is 4.43. The molecule has 0 N–H and O–H groups in total. The van der Waals surface area contributed by atoms with Crippen LogP contribution in [-0.2, 0) is 0 Å². The van der Waals surface area contributed by atoms with Gasteiger partial charge < -0.3 is 4.57 Å². The average Bonchev–Trinajstić information content (AvgIpc) is 3.54. The van der Waals surface area contributed by atoms with Crippen LogP contribution in [0.2, 0.25) is 0 Å². The molecule has 0 radical (unpaired) electrons. The van der Waals surface area contributed by atoms with Gasteiger partial charge in [-0.1, -0.05) is 66.7 Å². The lowest BCUT2D eigenvalue weighted by molar-refractivity contribution is 1.06. The molecule has 0 amide bonds. The molecule has 170 valence electrons. The summed E-state index contributed by atoms with van der Waals surface area (Å²) in [6.45, 7) is 0. The van der Waals surface area contributed by atoms with E-state index in [1.807, 2.05) is 30.3 Å². The van der Waals surface area contributed by atoms with Crippen LogP contribution in [0.15, 0.2) is 128 Å². The molecule has 0 atom stereocenters. The topological polar surface area (TPSA) is 48.5 Å². The highest BCUT2D eigenvalue weighted by Crippen LogP contribution is 2.33. The second-order valence-electron chi connectivity index (χ2n) is 8.67. The summed E-state index contributed by atoms with van der Waals surface area (Å²) in [7, 11) is 0. The number of nitrogens with zero attached hydrogens (tertiary/aromatic N) is 5. The highest BCUT2D eigenvalue weighted by Gasteiger charge is 2.18. The van der Waals surface area contributed by atoms with E-state index in [0.717, 1.165) is 34.2 Å². The first-order valence-electron chi connectivity index (χ1n) is 11.9. The lowest BCUT2D eigenvalue weighted by Crippen LogP contribution is -2.01. The third-order valence-corrected chi connectivity index (χ3v) is 6.58. The standard InChI is InChI=1S/C31H21N5/c1-2-8-22(9-3-1)30-33-34-31(23-18-20-32-21-19-23)36(30)25-16-14-24(15-17-25)35-28-12-6-4-10-26(28)27-11-5-7-13-29(27)35/h1-21H. The Morgan fingerprint density at radius 2 is 0.889 bits per heavy atom. The van der Waals surface area contributed by atoms with Crippen LogP contribution < -0.4 is 0 Å². The molecule has 5 heteroatoms. The van der Waals surface area contributed by atoms with Crippen LogP contribution >= 0.6 is 0 Å². The number of hydrogen-bond donors (Lipinski definition) is 0. The van der Waals surface area contributed by atoms with Gasteiger partial charge in [0, 0.05) is 45.7 Å². The van der Waals surface area contributed by atoms with E-state index in [2.05, 4.69) is 109 Å². The van der Waals surface area contributed by atoms with Gasteiger partial charge in [-0.25, -0.2) is 0 Å². The normalized spacial score (nSPS) is 11.3. The minimum absolute atomic E-state index is 0.779. The van der Waals surface area contributed by atoms with Gasteiger partial charge in [0.25, 0.3) is 0 Å². The Bertz CT molecular complexity index is 1700. The van der Waals surface area contributed by atoms with E-state index in [4.69, 9.17) is 0 Å². The Hall–Kier alpha value is -5.03. The molecule has 3 heterocycles. The molecule has 0 saturated carbocycles. The molecular formula is C31H21N5. The van der Waals surface area contributed by atoms with Gasteiger partial charge in [0.15, 0.2) is 11.6 Å². The van der Waals surface area contributed by atoms with Gasteiger partial charge in [-0.15, -0.1) is 10.2 Å². The van der Waals surface area contributed by atoms with Crippen molar-refractivity contribution in [2.75, 3.05) is 0 Å². The zero-order valence-corrected chi connectivity index (χ0v) is 19.4. The number of rotatable bonds is 4. The first-order valence-corrected chi connectivity index (χ1v) is 11.9. The summed E-state index contributed by atoms with van der Waals surface area (Å²) in [6.07, 6.45) is 3.56. The molecule has 7 rings (SSSR count). The monoisotopic (exact) mass is 463 g/mol. The van der Waals surface area contributed by atoms with E-state index in [-0.39, 0.29) is 0 Å². The molecule has 7 aromatic rings. The summed E-state index contributed by atoms with van der Waals surface area (Å²) >= 11 is 0. The smallest absolute Gasteiger partial charge is 0.168 e. The second kappa shape index (κ2) is 8.32. The molecule has 36 heavy (non-hydrogen) atoms. The van der Waals surface area contributed by atoms with Crippen LogP contribution in [0, 0.1) is 0 Å². The number of hydrogen-bond acceptors (Lipinski definition) is 3. The Morgan fingerprint density at radius 1 is 0.417 bits per heavy atom. The number of aromatic nitrogens is 5. The molecule has 0 saturated heterocycles. The van der Waals surface area contributed by atoms with Gasteiger partial charge in [0.1, 0.15) is 0 Å². The van der Waals surface area contributed by atoms with Gasteiger partial charge in [-0.2, -0.15) is 0 Å². The third-order valence-electron chi connectivity index (χ3n) is 6.58. The SMILES string of the molecule is c1ccc(-c2nnc(-c3ccncc3)n2-c2ccc(-n3c4ccccc4c4ccccc43)cc2)cc1. The van der Waals surface area contributed by atoms with Gasteiger partial charge in [-0.3, -0.25) is 9.55 Å². The summed E-state index contributed by atoms with van der Waals surface area (Å²) in [6, 6.07) is 39.8. The molecule has 0 fully saturated rings. The fourth-order valence-corrected chi connectivity index (χ4v) is 4.94. The minimum Gasteiger partial charge on any atom is -0.309 e. The summed E-state index contributed by atoms with van der Waals surface area (Å²) in [5, 5.41) is 11.7. The van der Waals surface area contributed by atoms with Crippen LogP contribution in [0.1, 0.15) is 0 Å². The van der Waals surface area contributed by atoms with Crippen molar-refractivity contribution >= 4 is 21.8 Å². The molecular weight excluding hydrogens is 442 g/mol. The van der Waals surface area contributed by atoms with Gasteiger partial charge in [-0.05, 0) is 48.5 Å². The zero-order chi connectivity index (χ0) is 23.9. The van der Waals surface area contributed by atoms with Crippen molar-refractivity contribution in [1.29, 1.82) is 0 Å². The van der Waals surface area contributed by atoms with E-state index >= 15 is 0 Å². The molecule has 0 unspecified atom stereocenters. The Kier molecular flexibility index (Phi) is 4.71. The van der Waals surface area contributed by atoms with E-state index in [1.165, 1.54) is 21.8 Å². The number of para-hydroxylation sites is 2. The Balaban J connectivity index is 1.41. The lowest BCUT2D eigenvalue weighted by Gasteiger charge is -2.13. The second-order valence-corrected chi connectivity index (χ2v) is 8.67. The van der Waals surface area contributed by atoms with Crippen molar-refractivity contribution in [3.05, 3.63) is 128 Å². The van der Waals surface area contributed by atoms with Crippen LogP contribution in [0.25, 0.3) is 56.0 Å². The third kappa shape index (κ3) is 3.21. The summed E-state index contributed by atoms with van der Waals surface area (Å²) in [5.41, 5.74) is 6.46. The van der Waals surface area contributed by atoms with Crippen molar-refractivity contribution < 1.29 is 0 Å². The predicted octanol–water partition coefficient (Wildman–Crippen LogP) is 7.09. The number of pyridine rings is 1. The molecule has 0 aliphatic carbocycles. The maximum atomic E-state index is 4.58. The summed E-state index contributed by atoms with van der Waals surface area (Å²) in [5.74, 6) is 1.58. The molecule has 0 bridgehead atoms. The largest absolute Gasteiger partial charge is 0.309 e. The first-order chi connectivity index (χ1) is 17.9. The predicted molar refractivity (Wildman–Crippen MR) is 144 cm³/mol. The van der Waals surface area contributed by atoms with E-state index in [9.17, 15) is 0 Å². The van der Waals surface area contributed by atoms with Gasteiger partial charge in [0.05, 0.1) is 11.0 Å². The highest BCUT2D eigenvalue weighted by atomic mass is 15.3. The van der Waals surface area contributed by atoms with E-state index in [1.54, 1.807) is 12.4 Å². The average molecular weight is 464 g/mol. The Morgan fingerprint density at radius 3 is 1.47 bits per heavy atom. The molecule has 0 aliphatic rings. The van der Waals surface area contributed by atoms with Crippen molar-refractivity contribution in [2.45, 2.75) is 0 Å². The minimum atomic E-state index is 0.779. The first kappa shape index (κ1) is 20.4. The molecule has 0 aliphatic heterocycles. The van der Waals surface area contributed by atoms with Crippen LogP contribution in [-0.4, -0.2) is 24.3 Å². The van der Waals surface area contributed by atoms with Crippen LogP contribution in [0.4, 0.5) is 0 Å². The fraction of sp³-hybridized carbons (Fsp3) is 0. The van der Waals surface area contributed by atoms with Crippen LogP contribution in [0.3, 0.4) is 0 Å². The zero-order valence-electron chi connectivity index (χ0n) is 19.4. The van der Waals surface area contributed by atoms with Crippen molar-refractivity contribution in [1.82, 2.24) is 24.3 Å². The maximum absolute atomic E-state index is 4.58. The number of fused-ring (bicyclic) bond motifs is 3. The van der Waals surface area contributed by atoms with Crippen molar-refractivity contribution in [3.63, 3.8) is 0 Å². The summed E-state index contributed by atoms with van der Waals surface area (Å²) in [4.78, 5) is 4.17. The quantitative estimate of drug-likeness (QED) is 0.280. The number of benzene rings is 4.